The lowest BCUT2D eigenvalue weighted by molar-refractivity contribution is -0.139. The summed E-state index contributed by atoms with van der Waals surface area (Å²) in [7, 11) is 0. The first kappa shape index (κ1) is 22.4. The van der Waals surface area contributed by atoms with Crippen LogP contribution in [0.2, 0.25) is 5.02 Å². The Morgan fingerprint density at radius 1 is 1.24 bits per heavy atom. The van der Waals surface area contributed by atoms with Crippen molar-refractivity contribution in [1.82, 2.24) is 4.57 Å². The van der Waals surface area contributed by atoms with Crippen LogP contribution in [0.25, 0.3) is 6.08 Å². The highest BCUT2D eigenvalue weighted by Gasteiger charge is 2.33. The molecule has 0 saturated heterocycles. The van der Waals surface area contributed by atoms with Crippen LogP contribution in [0, 0.1) is 6.92 Å². The smallest absolute Gasteiger partial charge is 0.338 e. The van der Waals surface area contributed by atoms with E-state index < -0.39 is 12.0 Å². The number of hydrogen-bond donors (Lipinski definition) is 0. The van der Waals surface area contributed by atoms with E-state index in [1.165, 1.54) is 11.3 Å². The number of rotatable bonds is 4. The molecule has 0 saturated carbocycles. The van der Waals surface area contributed by atoms with Gasteiger partial charge in [0, 0.05) is 5.02 Å². The molecule has 0 amide bonds. The average Bonchev–Trinajstić information content (AvgIpc) is 3.37. The summed E-state index contributed by atoms with van der Waals surface area (Å²) in [6.45, 7) is 5.85. The highest BCUT2D eigenvalue weighted by molar-refractivity contribution is 7.07. The van der Waals surface area contributed by atoms with Gasteiger partial charge in [0.15, 0.2) is 16.3 Å². The molecule has 0 spiro atoms. The highest BCUT2D eigenvalue weighted by atomic mass is 35.5. The molecule has 1 aromatic heterocycles. The van der Waals surface area contributed by atoms with Crippen LogP contribution in [0.5, 0.6) is 11.5 Å². The first-order valence-electron chi connectivity index (χ1n) is 10.7. The second-order valence-electron chi connectivity index (χ2n) is 7.92. The number of benzene rings is 2. The Morgan fingerprint density at radius 3 is 2.65 bits per heavy atom. The number of aromatic nitrogens is 1. The molecule has 2 aliphatic heterocycles. The molecule has 9 heteroatoms. The number of carbonyl (C=O) groups excluding carboxylic acids is 1. The number of aryl methyl sites for hydroxylation is 1. The molecule has 1 atom stereocenters. The van der Waals surface area contributed by atoms with Crippen LogP contribution in [0.3, 0.4) is 0 Å². The van der Waals surface area contributed by atoms with Crippen molar-refractivity contribution in [3.8, 4) is 11.5 Å². The molecule has 3 aromatic rings. The maximum atomic E-state index is 13.7. The molecule has 3 heterocycles. The van der Waals surface area contributed by atoms with Crippen LogP contribution in [0.1, 0.15) is 36.6 Å². The first-order valence-corrected chi connectivity index (χ1v) is 11.9. The van der Waals surface area contributed by atoms with Gasteiger partial charge in [-0.15, -0.1) is 0 Å². The van der Waals surface area contributed by atoms with Gasteiger partial charge < -0.3 is 14.2 Å². The number of nitrogens with zero attached hydrogens (tertiary/aromatic N) is 2. The number of fused-ring (bicyclic) bond motifs is 2. The molecular formula is C25H21ClN2O5S. The van der Waals surface area contributed by atoms with E-state index in [9.17, 15) is 9.59 Å². The van der Waals surface area contributed by atoms with Crippen molar-refractivity contribution >= 4 is 35.0 Å². The summed E-state index contributed by atoms with van der Waals surface area (Å²) >= 11 is 7.37. The summed E-state index contributed by atoms with van der Waals surface area (Å²) in [4.78, 5) is 31.7. The predicted molar refractivity (Wildman–Crippen MR) is 129 cm³/mol. The molecular weight excluding hydrogens is 476 g/mol. The maximum Gasteiger partial charge on any atom is 0.338 e. The van der Waals surface area contributed by atoms with Crippen LogP contribution >= 0.6 is 22.9 Å². The summed E-state index contributed by atoms with van der Waals surface area (Å²) in [5.41, 5.74) is 3.16. The van der Waals surface area contributed by atoms with E-state index in [1.54, 1.807) is 30.5 Å². The second-order valence-corrected chi connectivity index (χ2v) is 9.36. The quantitative estimate of drug-likeness (QED) is 0.517. The Kier molecular flexibility index (Phi) is 5.79. The van der Waals surface area contributed by atoms with Gasteiger partial charge in [0.05, 0.1) is 28.5 Å². The van der Waals surface area contributed by atoms with Gasteiger partial charge in [-0.25, -0.2) is 9.79 Å². The molecule has 2 aromatic carbocycles. The number of allylic oxidation sites excluding steroid dienone is 1. The van der Waals surface area contributed by atoms with Gasteiger partial charge in [0.1, 0.15) is 0 Å². The van der Waals surface area contributed by atoms with Crippen molar-refractivity contribution in [1.29, 1.82) is 0 Å². The number of halogens is 1. The normalized spacial score (nSPS) is 16.9. The summed E-state index contributed by atoms with van der Waals surface area (Å²) in [6, 6.07) is 10.2. The Balaban J connectivity index is 1.71. The van der Waals surface area contributed by atoms with Gasteiger partial charge in [-0.2, -0.15) is 0 Å². The minimum Gasteiger partial charge on any atom is -0.463 e. The fourth-order valence-corrected chi connectivity index (χ4v) is 5.27. The molecule has 0 unspecified atom stereocenters. The largest absolute Gasteiger partial charge is 0.463 e. The minimum absolute atomic E-state index is 0.178. The molecule has 7 nitrogen and oxygen atoms in total. The Bertz CT molecular complexity index is 1520. The standard InChI is InChI=1S/C25H21ClN2O5S/c1-4-31-24(30)21-14(3)27-25-28(22(21)15-5-7-17(26)8-6-15)23(29)20(34-25)11-16-10-19-18(9-13(16)2)32-12-33-19/h5-11,22H,4,12H2,1-3H3/b20-11-/t22-/m0/s1. The van der Waals surface area contributed by atoms with Crippen LogP contribution < -0.4 is 24.4 Å². The summed E-state index contributed by atoms with van der Waals surface area (Å²) < 4.78 is 18.3. The van der Waals surface area contributed by atoms with E-state index in [4.69, 9.17) is 25.8 Å². The Morgan fingerprint density at radius 2 is 1.94 bits per heavy atom. The lowest BCUT2D eigenvalue weighted by Crippen LogP contribution is -2.39. The fourth-order valence-electron chi connectivity index (χ4n) is 4.11. The van der Waals surface area contributed by atoms with Crippen LogP contribution in [-0.4, -0.2) is 23.9 Å². The lowest BCUT2D eigenvalue weighted by Gasteiger charge is -2.24. The summed E-state index contributed by atoms with van der Waals surface area (Å²) in [5.74, 6) is 0.835. The van der Waals surface area contributed by atoms with E-state index >= 15 is 0 Å². The molecule has 0 N–H and O–H groups in total. The van der Waals surface area contributed by atoms with Crippen molar-refractivity contribution < 1.29 is 19.0 Å². The van der Waals surface area contributed by atoms with E-state index in [2.05, 4.69) is 4.99 Å². The monoisotopic (exact) mass is 496 g/mol. The zero-order chi connectivity index (χ0) is 24.0. The first-order chi connectivity index (χ1) is 16.4. The molecule has 174 valence electrons. The fraction of sp³-hybridized carbons (Fsp3) is 0.240. The van der Waals surface area contributed by atoms with Gasteiger partial charge in [0.25, 0.3) is 5.56 Å². The summed E-state index contributed by atoms with van der Waals surface area (Å²) in [5, 5.41) is 0.563. The zero-order valence-corrected chi connectivity index (χ0v) is 20.3. The van der Waals surface area contributed by atoms with E-state index in [0.29, 0.717) is 37.1 Å². The predicted octanol–water partition coefficient (Wildman–Crippen LogP) is 3.49. The SMILES string of the molecule is CCOC(=O)C1=C(C)N=c2s/c(=C\c3cc4c(cc3C)OCO4)c(=O)n2[C@H]1c1ccc(Cl)cc1. The lowest BCUT2D eigenvalue weighted by atomic mass is 9.96. The third-order valence-electron chi connectivity index (χ3n) is 5.75. The van der Waals surface area contributed by atoms with Gasteiger partial charge >= 0.3 is 5.97 Å². The van der Waals surface area contributed by atoms with Gasteiger partial charge in [-0.3, -0.25) is 9.36 Å². The van der Waals surface area contributed by atoms with Crippen LogP contribution in [0.4, 0.5) is 0 Å². The maximum absolute atomic E-state index is 13.7. The molecule has 0 radical (unpaired) electrons. The van der Waals surface area contributed by atoms with E-state index in [1.807, 2.05) is 37.3 Å². The molecule has 34 heavy (non-hydrogen) atoms. The molecule has 5 rings (SSSR count). The number of ether oxygens (including phenoxy) is 3. The van der Waals surface area contributed by atoms with E-state index in [0.717, 1.165) is 16.7 Å². The molecule has 0 fully saturated rings. The Hall–Kier alpha value is -3.36. The van der Waals surface area contributed by atoms with Crippen molar-refractivity contribution in [2.75, 3.05) is 13.4 Å². The Labute approximate surface area is 204 Å². The van der Waals surface area contributed by atoms with Crippen LogP contribution in [-0.2, 0) is 9.53 Å². The van der Waals surface area contributed by atoms with Crippen molar-refractivity contribution in [2.24, 2.45) is 4.99 Å². The average molecular weight is 497 g/mol. The van der Waals surface area contributed by atoms with Crippen LogP contribution in [0.15, 0.2) is 57.5 Å². The molecule has 0 bridgehead atoms. The summed E-state index contributed by atoms with van der Waals surface area (Å²) in [6.07, 6.45) is 1.82. The van der Waals surface area contributed by atoms with E-state index in [-0.39, 0.29) is 19.0 Å². The molecule has 0 aliphatic carbocycles. The van der Waals surface area contributed by atoms with Crippen molar-refractivity contribution in [2.45, 2.75) is 26.8 Å². The zero-order valence-electron chi connectivity index (χ0n) is 18.8. The molecule has 2 aliphatic rings. The highest BCUT2D eigenvalue weighted by Crippen LogP contribution is 2.35. The third-order valence-corrected chi connectivity index (χ3v) is 6.99. The number of esters is 1. The number of hydrogen-bond acceptors (Lipinski definition) is 7. The van der Waals surface area contributed by atoms with Gasteiger partial charge in [-0.05, 0) is 67.8 Å². The third kappa shape index (κ3) is 3.82. The van der Waals surface area contributed by atoms with Crippen molar-refractivity contribution in [3.63, 3.8) is 0 Å². The topological polar surface area (TPSA) is 79.1 Å². The minimum atomic E-state index is -0.674. The second kappa shape index (κ2) is 8.77. The number of thiazole rings is 1. The van der Waals surface area contributed by atoms with Gasteiger partial charge in [0.2, 0.25) is 6.79 Å². The van der Waals surface area contributed by atoms with Gasteiger partial charge in [-0.1, -0.05) is 35.1 Å². The van der Waals surface area contributed by atoms with Crippen molar-refractivity contribution in [3.05, 3.63) is 89.1 Å². The number of carbonyl (C=O) groups is 1.